The average molecular weight is 220 g/mol. The minimum absolute atomic E-state index is 0.0587. The molecule has 16 heavy (non-hydrogen) atoms. The van der Waals surface area contributed by atoms with E-state index in [-0.39, 0.29) is 6.61 Å². The molecule has 0 unspecified atom stereocenters. The van der Waals surface area contributed by atoms with Gasteiger partial charge in [-0.25, -0.2) is 0 Å². The van der Waals surface area contributed by atoms with Gasteiger partial charge in [-0.15, -0.1) is 0 Å². The van der Waals surface area contributed by atoms with Crippen molar-refractivity contribution in [1.29, 1.82) is 0 Å². The maximum absolute atomic E-state index is 9.33. The Hall–Kier alpha value is -1.02. The van der Waals surface area contributed by atoms with Crippen molar-refractivity contribution in [3.05, 3.63) is 28.8 Å². The molecule has 2 nitrogen and oxygen atoms in total. The van der Waals surface area contributed by atoms with Crippen LogP contribution in [-0.4, -0.2) is 11.2 Å². The molecule has 1 fully saturated rings. The lowest BCUT2D eigenvalue weighted by atomic mass is 10.0. The Balaban J connectivity index is 2.25. The van der Waals surface area contributed by atoms with Gasteiger partial charge in [0.15, 0.2) is 0 Å². The summed E-state index contributed by atoms with van der Waals surface area (Å²) in [6, 6.07) is 4.01. The number of aryl methyl sites for hydroxylation is 1. The van der Waals surface area contributed by atoms with Gasteiger partial charge in [0.25, 0.3) is 0 Å². The number of hydrogen-bond donors (Lipinski definition) is 1. The topological polar surface area (TPSA) is 29.5 Å². The number of aliphatic hydroxyl groups excluding tert-OH is 1. The molecule has 1 saturated carbocycles. The van der Waals surface area contributed by atoms with E-state index >= 15 is 0 Å². The molecule has 0 aromatic heterocycles. The SMILES string of the molecule is Cc1ccc(CO)c(OC2CCCC2)c1C. The first-order chi connectivity index (χ1) is 7.72. The number of aliphatic hydroxyl groups is 1. The van der Waals surface area contributed by atoms with Crippen LogP contribution in [0.1, 0.15) is 42.4 Å². The smallest absolute Gasteiger partial charge is 0.128 e. The Morgan fingerprint density at radius 1 is 1.25 bits per heavy atom. The van der Waals surface area contributed by atoms with Crippen LogP contribution in [0.15, 0.2) is 12.1 Å². The lowest BCUT2D eigenvalue weighted by Gasteiger charge is -2.19. The Bertz CT molecular complexity index is 365. The summed E-state index contributed by atoms with van der Waals surface area (Å²) in [4.78, 5) is 0. The summed E-state index contributed by atoms with van der Waals surface area (Å²) < 4.78 is 6.05. The average Bonchev–Trinajstić information content (AvgIpc) is 2.78. The van der Waals surface area contributed by atoms with Crippen molar-refractivity contribution in [2.75, 3.05) is 0 Å². The van der Waals surface area contributed by atoms with Crippen molar-refractivity contribution in [2.45, 2.75) is 52.2 Å². The monoisotopic (exact) mass is 220 g/mol. The van der Waals surface area contributed by atoms with Crippen LogP contribution in [-0.2, 0) is 6.61 Å². The second kappa shape index (κ2) is 4.88. The molecule has 2 heteroatoms. The largest absolute Gasteiger partial charge is 0.490 e. The third-order valence-corrected chi connectivity index (χ3v) is 3.52. The van der Waals surface area contributed by atoms with Crippen LogP contribution in [0.3, 0.4) is 0 Å². The van der Waals surface area contributed by atoms with E-state index in [0.717, 1.165) is 24.2 Å². The fourth-order valence-electron chi connectivity index (χ4n) is 2.31. The normalized spacial score (nSPS) is 16.7. The lowest BCUT2D eigenvalue weighted by Crippen LogP contribution is -2.13. The van der Waals surface area contributed by atoms with E-state index in [1.807, 2.05) is 12.1 Å². The zero-order chi connectivity index (χ0) is 11.5. The van der Waals surface area contributed by atoms with E-state index in [1.165, 1.54) is 24.0 Å². The minimum Gasteiger partial charge on any atom is -0.490 e. The molecule has 0 atom stereocenters. The first-order valence-corrected chi connectivity index (χ1v) is 6.09. The van der Waals surface area contributed by atoms with Gasteiger partial charge in [-0.1, -0.05) is 12.1 Å². The molecule has 0 aliphatic heterocycles. The van der Waals surface area contributed by atoms with Gasteiger partial charge in [0.2, 0.25) is 0 Å². The summed E-state index contributed by atoms with van der Waals surface area (Å²) in [5.41, 5.74) is 3.30. The van der Waals surface area contributed by atoms with E-state index < -0.39 is 0 Å². The number of benzene rings is 1. The predicted molar refractivity (Wildman–Crippen MR) is 64.7 cm³/mol. The second-order valence-electron chi connectivity index (χ2n) is 4.68. The molecule has 1 aromatic carbocycles. The highest BCUT2D eigenvalue weighted by molar-refractivity contribution is 5.45. The first kappa shape index (κ1) is 11.5. The summed E-state index contributed by atoms with van der Waals surface area (Å²) in [6.45, 7) is 4.21. The Morgan fingerprint density at radius 3 is 2.56 bits per heavy atom. The van der Waals surface area contributed by atoms with Crippen LogP contribution in [0.5, 0.6) is 5.75 Å². The summed E-state index contributed by atoms with van der Waals surface area (Å²) >= 11 is 0. The molecule has 1 aromatic rings. The van der Waals surface area contributed by atoms with Gasteiger partial charge in [0, 0.05) is 5.56 Å². The van der Waals surface area contributed by atoms with Gasteiger partial charge in [0.1, 0.15) is 5.75 Å². The highest BCUT2D eigenvalue weighted by atomic mass is 16.5. The van der Waals surface area contributed by atoms with Crippen LogP contribution in [0.4, 0.5) is 0 Å². The van der Waals surface area contributed by atoms with Crippen molar-refractivity contribution < 1.29 is 9.84 Å². The highest BCUT2D eigenvalue weighted by Gasteiger charge is 2.19. The van der Waals surface area contributed by atoms with Crippen LogP contribution < -0.4 is 4.74 Å². The molecule has 0 saturated heterocycles. The van der Waals surface area contributed by atoms with Gasteiger partial charge < -0.3 is 9.84 Å². The molecule has 0 bridgehead atoms. The maximum atomic E-state index is 9.33. The Labute approximate surface area is 97.3 Å². The van der Waals surface area contributed by atoms with Gasteiger partial charge in [0.05, 0.1) is 12.7 Å². The fourth-order valence-corrected chi connectivity index (χ4v) is 2.31. The highest BCUT2D eigenvalue weighted by Crippen LogP contribution is 2.31. The first-order valence-electron chi connectivity index (χ1n) is 6.09. The molecule has 0 heterocycles. The zero-order valence-electron chi connectivity index (χ0n) is 10.1. The molecule has 1 N–H and O–H groups in total. The van der Waals surface area contributed by atoms with Gasteiger partial charge in [-0.2, -0.15) is 0 Å². The Kier molecular flexibility index (Phi) is 3.49. The van der Waals surface area contributed by atoms with E-state index in [1.54, 1.807) is 0 Å². The molecule has 88 valence electrons. The number of hydrogen-bond acceptors (Lipinski definition) is 2. The molecule has 0 spiro atoms. The van der Waals surface area contributed by atoms with Crippen molar-refractivity contribution in [3.8, 4) is 5.75 Å². The number of ether oxygens (including phenoxy) is 1. The van der Waals surface area contributed by atoms with E-state index in [9.17, 15) is 5.11 Å². The third-order valence-electron chi connectivity index (χ3n) is 3.52. The standard InChI is InChI=1S/C14H20O2/c1-10-7-8-12(9-15)14(11(10)2)16-13-5-3-4-6-13/h7-8,13,15H,3-6,9H2,1-2H3. The van der Waals surface area contributed by atoms with Crippen molar-refractivity contribution in [2.24, 2.45) is 0 Å². The van der Waals surface area contributed by atoms with Crippen LogP contribution >= 0.6 is 0 Å². The van der Waals surface area contributed by atoms with Crippen LogP contribution in [0.25, 0.3) is 0 Å². The van der Waals surface area contributed by atoms with Crippen LogP contribution in [0.2, 0.25) is 0 Å². The van der Waals surface area contributed by atoms with E-state index in [2.05, 4.69) is 13.8 Å². The molecular weight excluding hydrogens is 200 g/mol. The van der Waals surface area contributed by atoms with Gasteiger partial charge in [-0.05, 0) is 50.7 Å². The molecule has 1 aliphatic rings. The van der Waals surface area contributed by atoms with E-state index in [4.69, 9.17) is 4.74 Å². The predicted octanol–water partition coefficient (Wildman–Crippen LogP) is 3.12. The second-order valence-corrected chi connectivity index (χ2v) is 4.68. The van der Waals surface area contributed by atoms with Gasteiger partial charge >= 0.3 is 0 Å². The lowest BCUT2D eigenvalue weighted by molar-refractivity contribution is 0.198. The molecular formula is C14H20O2. The summed E-state index contributed by atoms with van der Waals surface area (Å²) in [5, 5.41) is 9.33. The van der Waals surface area contributed by atoms with Gasteiger partial charge in [-0.3, -0.25) is 0 Å². The summed E-state index contributed by atoms with van der Waals surface area (Å²) in [5.74, 6) is 0.911. The third kappa shape index (κ3) is 2.22. The Morgan fingerprint density at radius 2 is 1.94 bits per heavy atom. The maximum Gasteiger partial charge on any atom is 0.128 e. The van der Waals surface area contributed by atoms with Crippen molar-refractivity contribution in [3.63, 3.8) is 0 Å². The molecule has 1 aliphatic carbocycles. The van der Waals surface area contributed by atoms with E-state index in [0.29, 0.717) is 6.10 Å². The quantitative estimate of drug-likeness (QED) is 0.848. The van der Waals surface area contributed by atoms with Crippen molar-refractivity contribution >= 4 is 0 Å². The van der Waals surface area contributed by atoms with Crippen LogP contribution in [0, 0.1) is 13.8 Å². The number of rotatable bonds is 3. The molecule has 2 rings (SSSR count). The fraction of sp³-hybridized carbons (Fsp3) is 0.571. The minimum atomic E-state index is 0.0587. The summed E-state index contributed by atoms with van der Waals surface area (Å²) in [6.07, 6.45) is 5.19. The molecule has 0 radical (unpaired) electrons. The summed E-state index contributed by atoms with van der Waals surface area (Å²) in [7, 11) is 0. The zero-order valence-corrected chi connectivity index (χ0v) is 10.1. The molecule has 0 amide bonds. The van der Waals surface area contributed by atoms with Crippen molar-refractivity contribution in [1.82, 2.24) is 0 Å².